The minimum Gasteiger partial charge on any atom is -0.314 e. The molecule has 86 valence electrons. The average molecular weight is 210 g/mol. The number of aryl methyl sites for hydroxylation is 2. The Labute approximate surface area is 92.1 Å². The van der Waals surface area contributed by atoms with Gasteiger partial charge in [-0.05, 0) is 25.3 Å². The van der Waals surface area contributed by atoms with Crippen molar-refractivity contribution in [3.8, 4) is 0 Å². The fraction of sp³-hybridized carbons (Fsp3) is 0.818. The van der Waals surface area contributed by atoms with Crippen molar-refractivity contribution in [3.63, 3.8) is 0 Å². The topological polar surface area (TPSA) is 42.7 Å². The van der Waals surface area contributed by atoms with Crippen molar-refractivity contribution in [1.82, 2.24) is 20.3 Å². The monoisotopic (exact) mass is 210 g/mol. The molecular formula is C11H22N4. The van der Waals surface area contributed by atoms with E-state index >= 15 is 0 Å². The Morgan fingerprint density at radius 2 is 2.20 bits per heavy atom. The molecule has 0 aromatic carbocycles. The minimum atomic E-state index is 0.588. The fourth-order valence-corrected chi connectivity index (χ4v) is 1.77. The Bertz CT molecular complexity index is 280. The molecule has 0 saturated carbocycles. The summed E-state index contributed by atoms with van der Waals surface area (Å²) in [5, 5.41) is 11.3. The van der Waals surface area contributed by atoms with Crippen LogP contribution in [0.4, 0.5) is 0 Å². The number of hydrogen-bond donors (Lipinski definition) is 1. The van der Waals surface area contributed by atoms with E-state index in [0.717, 1.165) is 19.4 Å². The molecule has 0 bridgehead atoms. The lowest BCUT2D eigenvalue weighted by Crippen LogP contribution is -2.34. The zero-order chi connectivity index (χ0) is 11.3. The highest BCUT2D eigenvalue weighted by atomic mass is 15.4. The van der Waals surface area contributed by atoms with Gasteiger partial charge in [0.05, 0.1) is 11.9 Å². The van der Waals surface area contributed by atoms with Crippen LogP contribution >= 0.6 is 0 Å². The predicted octanol–water partition coefficient (Wildman–Crippen LogP) is 1.38. The number of aromatic nitrogens is 3. The first-order chi connectivity index (χ1) is 7.15. The van der Waals surface area contributed by atoms with Gasteiger partial charge in [0.15, 0.2) is 0 Å². The molecular weight excluding hydrogens is 188 g/mol. The normalized spacial score (nSPS) is 13.4. The molecule has 4 nitrogen and oxygen atoms in total. The molecule has 1 rings (SSSR count). The predicted molar refractivity (Wildman–Crippen MR) is 61.6 cm³/mol. The lowest BCUT2D eigenvalue weighted by molar-refractivity contribution is 0.382. The first-order valence-corrected chi connectivity index (χ1v) is 5.72. The fourth-order valence-electron chi connectivity index (χ4n) is 1.77. The van der Waals surface area contributed by atoms with Crippen LogP contribution in [0.2, 0.25) is 0 Å². The Hall–Kier alpha value is -0.900. The maximum atomic E-state index is 3.93. The van der Waals surface area contributed by atoms with Gasteiger partial charge in [0.2, 0.25) is 0 Å². The van der Waals surface area contributed by atoms with Crippen LogP contribution in [0.25, 0.3) is 0 Å². The van der Waals surface area contributed by atoms with Crippen molar-refractivity contribution in [2.24, 2.45) is 13.0 Å². The van der Waals surface area contributed by atoms with Crippen LogP contribution in [-0.2, 0) is 13.5 Å². The largest absolute Gasteiger partial charge is 0.314 e. The van der Waals surface area contributed by atoms with Crippen LogP contribution in [0.3, 0.4) is 0 Å². The summed E-state index contributed by atoms with van der Waals surface area (Å²) in [6, 6.07) is 0.588. The van der Waals surface area contributed by atoms with Crippen LogP contribution < -0.4 is 5.32 Å². The van der Waals surface area contributed by atoms with Gasteiger partial charge in [-0.15, -0.1) is 5.10 Å². The Balaban J connectivity index is 2.43. The second-order valence-electron chi connectivity index (χ2n) is 4.30. The van der Waals surface area contributed by atoms with E-state index in [1.165, 1.54) is 5.69 Å². The van der Waals surface area contributed by atoms with Crippen molar-refractivity contribution >= 4 is 0 Å². The van der Waals surface area contributed by atoms with E-state index in [9.17, 15) is 0 Å². The van der Waals surface area contributed by atoms with E-state index in [1.54, 1.807) is 0 Å². The van der Waals surface area contributed by atoms with Crippen LogP contribution in [0, 0.1) is 5.92 Å². The Morgan fingerprint density at radius 3 is 2.67 bits per heavy atom. The molecule has 1 unspecified atom stereocenters. The number of nitrogens with zero attached hydrogens (tertiary/aromatic N) is 3. The molecule has 4 heteroatoms. The van der Waals surface area contributed by atoms with Crippen LogP contribution in [0.1, 0.15) is 32.9 Å². The van der Waals surface area contributed by atoms with Gasteiger partial charge in [0.25, 0.3) is 0 Å². The van der Waals surface area contributed by atoms with Gasteiger partial charge in [-0.25, -0.2) is 0 Å². The van der Waals surface area contributed by atoms with Crippen molar-refractivity contribution in [2.75, 3.05) is 6.54 Å². The molecule has 0 fully saturated rings. The van der Waals surface area contributed by atoms with Crippen molar-refractivity contribution in [3.05, 3.63) is 11.9 Å². The highest BCUT2D eigenvalue weighted by Gasteiger charge is 2.12. The molecule has 0 spiro atoms. The Morgan fingerprint density at radius 1 is 1.47 bits per heavy atom. The molecule has 0 aliphatic rings. The second-order valence-corrected chi connectivity index (χ2v) is 4.30. The molecule has 1 heterocycles. The number of hydrogen-bond acceptors (Lipinski definition) is 3. The molecule has 0 aliphatic carbocycles. The summed E-state index contributed by atoms with van der Waals surface area (Å²) in [6.45, 7) is 7.71. The first-order valence-electron chi connectivity index (χ1n) is 5.72. The van der Waals surface area contributed by atoms with E-state index in [0.29, 0.717) is 12.0 Å². The van der Waals surface area contributed by atoms with Crippen LogP contribution in [-0.4, -0.2) is 27.6 Å². The molecule has 15 heavy (non-hydrogen) atoms. The standard InChI is InChI=1S/C11H22N4/c1-5-12-11(9(2)3)7-6-10-8-13-14-15(10)4/h8-9,11-12H,5-7H2,1-4H3. The third-order valence-electron chi connectivity index (χ3n) is 2.79. The van der Waals surface area contributed by atoms with Gasteiger partial charge in [0.1, 0.15) is 0 Å². The third kappa shape index (κ3) is 3.63. The van der Waals surface area contributed by atoms with E-state index in [1.807, 2.05) is 17.9 Å². The van der Waals surface area contributed by atoms with E-state index in [4.69, 9.17) is 0 Å². The molecule has 0 aliphatic heterocycles. The van der Waals surface area contributed by atoms with E-state index in [2.05, 4.69) is 36.4 Å². The van der Waals surface area contributed by atoms with Crippen LogP contribution in [0.5, 0.6) is 0 Å². The lowest BCUT2D eigenvalue weighted by Gasteiger charge is -2.21. The van der Waals surface area contributed by atoms with E-state index < -0.39 is 0 Å². The maximum absolute atomic E-state index is 3.93. The Kier molecular flexibility index (Phi) is 4.75. The molecule has 1 aromatic heterocycles. The summed E-state index contributed by atoms with van der Waals surface area (Å²) >= 11 is 0. The highest BCUT2D eigenvalue weighted by Crippen LogP contribution is 2.09. The van der Waals surface area contributed by atoms with Gasteiger partial charge in [0, 0.05) is 13.1 Å². The van der Waals surface area contributed by atoms with E-state index in [-0.39, 0.29) is 0 Å². The SMILES string of the molecule is CCNC(CCc1cnnn1C)C(C)C. The quantitative estimate of drug-likeness (QED) is 0.771. The molecule has 0 amide bonds. The van der Waals surface area contributed by atoms with Gasteiger partial charge >= 0.3 is 0 Å². The van der Waals surface area contributed by atoms with Crippen molar-refractivity contribution in [1.29, 1.82) is 0 Å². The molecule has 1 N–H and O–H groups in total. The van der Waals surface area contributed by atoms with Gasteiger partial charge in [-0.3, -0.25) is 4.68 Å². The zero-order valence-electron chi connectivity index (χ0n) is 10.2. The highest BCUT2D eigenvalue weighted by molar-refractivity contribution is 4.94. The lowest BCUT2D eigenvalue weighted by atomic mass is 9.98. The van der Waals surface area contributed by atoms with Crippen LogP contribution in [0.15, 0.2) is 6.20 Å². The molecule has 0 radical (unpaired) electrons. The minimum absolute atomic E-state index is 0.588. The van der Waals surface area contributed by atoms with Gasteiger partial charge in [-0.2, -0.15) is 0 Å². The molecule has 0 saturated heterocycles. The zero-order valence-corrected chi connectivity index (χ0v) is 10.2. The summed E-state index contributed by atoms with van der Waals surface area (Å²) in [4.78, 5) is 0. The third-order valence-corrected chi connectivity index (χ3v) is 2.79. The number of rotatable bonds is 6. The average Bonchev–Trinajstić information content (AvgIpc) is 2.58. The van der Waals surface area contributed by atoms with Crippen molar-refractivity contribution in [2.45, 2.75) is 39.7 Å². The second kappa shape index (κ2) is 5.85. The first kappa shape index (κ1) is 12.2. The van der Waals surface area contributed by atoms with Gasteiger partial charge < -0.3 is 5.32 Å². The number of nitrogens with one attached hydrogen (secondary N) is 1. The summed E-state index contributed by atoms with van der Waals surface area (Å²) in [5.41, 5.74) is 1.21. The summed E-state index contributed by atoms with van der Waals surface area (Å²) in [6.07, 6.45) is 4.04. The molecule has 1 aromatic rings. The molecule has 1 atom stereocenters. The van der Waals surface area contributed by atoms with Gasteiger partial charge in [-0.1, -0.05) is 26.0 Å². The summed E-state index contributed by atoms with van der Waals surface area (Å²) < 4.78 is 1.85. The summed E-state index contributed by atoms with van der Waals surface area (Å²) in [7, 11) is 1.94. The van der Waals surface area contributed by atoms with Crippen molar-refractivity contribution < 1.29 is 0 Å². The maximum Gasteiger partial charge on any atom is 0.0724 e. The summed E-state index contributed by atoms with van der Waals surface area (Å²) in [5.74, 6) is 0.672. The smallest absolute Gasteiger partial charge is 0.0724 e.